The molecular weight excluding hydrogens is 1250 g/mol. The lowest BCUT2D eigenvalue weighted by Crippen LogP contribution is -2.61. The summed E-state index contributed by atoms with van der Waals surface area (Å²) in [6.45, 7) is 19.3. The molecule has 2 aliphatic heterocycles. The van der Waals surface area contributed by atoms with E-state index in [4.69, 9.17) is 12.6 Å². The number of rotatable bonds is 7. The van der Waals surface area contributed by atoms with Gasteiger partial charge < -0.3 is 27.9 Å². The summed E-state index contributed by atoms with van der Waals surface area (Å²) in [5.41, 5.74) is 17.0. The molecule has 0 unspecified atom stereocenters. The Bertz CT molecular complexity index is 7310. The van der Waals surface area contributed by atoms with Gasteiger partial charge in [0, 0.05) is 82.9 Å². The molecule has 0 saturated heterocycles. The zero-order valence-corrected chi connectivity index (χ0v) is 58.3. The lowest BCUT2D eigenvalue weighted by molar-refractivity contribution is 0.590. The molecule has 7 heteroatoms. The average molecular weight is 1340 g/mol. The molecule has 18 aromatic rings. The second-order valence-electron chi connectivity index (χ2n) is 30.5. The molecule has 0 atom stereocenters. The third-order valence-corrected chi connectivity index (χ3v) is 21.3. The summed E-state index contributed by atoms with van der Waals surface area (Å²) in [6.07, 6.45) is 0. The van der Waals surface area contributed by atoms with Gasteiger partial charge in [0.1, 0.15) is 0 Å². The highest BCUT2D eigenvalue weighted by Gasteiger charge is 2.45. The SMILES string of the molecule is [2H]c1c([2H])c([2H])c2c(c1[2H])c1c([2H])c([2H])c([2H])c([2H])c1n2-c1ccc2c(c1)N(c1cc(-c3ccccc3)cc(-c3ccccc3)c1)c1cc(C(C)(C)C)cc3c1B2c1ccc(-n2c4ccc(C(C)(C)C)cc4c4cc(C(C)(C)C)ccc42)cc1N3c1cccc2c1oc1c(-n3c4c([2H])c([2H])c([2H])c([2H])c4c4c([2H])c([2H])c([2H])c([2H])c43)cccc12. The van der Waals surface area contributed by atoms with E-state index in [2.05, 4.69) is 192 Å². The van der Waals surface area contributed by atoms with E-state index in [1.165, 1.54) is 15.7 Å². The van der Waals surface area contributed by atoms with Gasteiger partial charge in [-0.2, -0.15) is 0 Å². The standard InChI is InChI=1S/C96H76BN5O/c1-94(2,3)63-42-48-83-75(53-63)76-54-64(95(4,5)6)43-49-84(76)99(83)67-45-47-78-88(58-67)102(86-41-25-35-74-73-34-24-40-85(92(73)103-93(74)86)101-81-38-22-18-32-71(81)72-33-19-23-39-82(72)101)90-56-65(96(7,8)9)55-89-91(90)97(78)77-46-44-66(98-79-36-20-16-30-69(79)70-31-17-21-37-80(70)98)57-87(77)100(89)68-51-61(59-26-12-10-13-27-59)50-62(52-68)60-28-14-11-15-29-60/h10-58H,1-9H3/i16D,17D,18D,19D,20D,21D,22D,23D,30D,31D,32D,33D,36D,37D,38D,39D. The maximum atomic E-state index is 9.78. The Kier molecular flexibility index (Phi) is 10.0. The van der Waals surface area contributed by atoms with Crippen LogP contribution in [0.15, 0.2) is 301 Å². The van der Waals surface area contributed by atoms with Crippen molar-refractivity contribution in [2.45, 2.75) is 78.6 Å². The van der Waals surface area contributed by atoms with Crippen molar-refractivity contribution in [3.05, 3.63) is 314 Å². The molecule has 6 heterocycles. The van der Waals surface area contributed by atoms with Crippen LogP contribution < -0.4 is 26.2 Å². The first-order valence-corrected chi connectivity index (χ1v) is 35.0. The molecule has 103 heavy (non-hydrogen) atoms. The Morgan fingerprint density at radius 2 is 0.699 bits per heavy atom. The van der Waals surface area contributed by atoms with Gasteiger partial charge in [-0.1, -0.05) is 244 Å². The highest BCUT2D eigenvalue weighted by Crippen LogP contribution is 2.52. The van der Waals surface area contributed by atoms with Crippen LogP contribution in [0.1, 0.15) is 101 Å². The summed E-state index contributed by atoms with van der Waals surface area (Å²) in [5, 5.41) is 3.25. The van der Waals surface area contributed by atoms with E-state index >= 15 is 0 Å². The number of furan rings is 1. The van der Waals surface area contributed by atoms with Crippen LogP contribution in [0, 0.1) is 0 Å². The van der Waals surface area contributed by atoms with E-state index in [1.807, 2.05) is 78.9 Å². The van der Waals surface area contributed by atoms with Crippen LogP contribution in [0.2, 0.25) is 0 Å². The molecule has 0 aliphatic carbocycles. The van der Waals surface area contributed by atoms with E-state index in [0.29, 0.717) is 33.4 Å². The Morgan fingerprint density at radius 1 is 0.282 bits per heavy atom. The maximum Gasteiger partial charge on any atom is 0.252 e. The fraction of sp³-hybridized carbons (Fsp3) is 0.125. The topological polar surface area (TPSA) is 34.4 Å². The maximum absolute atomic E-state index is 9.78. The predicted octanol–water partition coefficient (Wildman–Crippen LogP) is 24.2. The van der Waals surface area contributed by atoms with E-state index in [-0.39, 0.29) is 65.7 Å². The molecule has 20 rings (SSSR count). The van der Waals surface area contributed by atoms with Crippen LogP contribution in [-0.4, -0.2) is 20.4 Å². The number of para-hydroxylation sites is 6. The molecule has 4 aromatic heterocycles. The molecule has 2 aliphatic rings. The Labute approximate surface area is 623 Å². The fourth-order valence-corrected chi connectivity index (χ4v) is 16.3. The Hall–Kier alpha value is -12.1. The summed E-state index contributed by atoms with van der Waals surface area (Å²) in [6, 6.07) is 61.3. The largest absolute Gasteiger partial charge is 0.452 e. The van der Waals surface area contributed by atoms with Gasteiger partial charge in [0.25, 0.3) is 6.71 Å². The number of hydrogen-bond donors (Lipinski definition) is 0. The van der Waals surface area contributed by atoms with Gasteiger partial charge in [-0.3, -0.25) is 0 Å². The molecule has 0 radical (unpaired) electrons. The molecule has 0 bridgehead atoms. The first kappa shape index (κ1) is 46.4. The lowest BCUT2D eigenvalue weighted by Gasteiger charge is -2.45. The van der Waals surface area contributed by atoms with Crippen molar-refractivity contribution in [2.75, 3.05) is 9.80 Å². The number of anilines is 6. The lowest BCUT2D eigenvalue weighted by atomic mass is 9.33. The van der Waals surface area contributed by atoms with Gasteiger partial charge in [-0.25, -0.2) is 0 Å². The van der Waals surface area contributed by atoms with E-state index in [0.717, 1.165) is 94.4 Å². The second-order valence-corrected chi connectivity index (χ2v) is 30.5. The first-order chi connectivity index (χ1) is 56.6. The quantitative estimate of drug-likeness (QED) is 0.149. The fourth-order valence-electron chi connectivity index (χ4n) is 16.3. The highest BCUT2D eigenvalue weighted by atomic mass is 16.3. The number of nitrogens with zero attached hydrogens (tertiary/aromatic N) is 5. The minimum atomic E-state index is -0.619. The zero-order chi connectivity index (χ0) is 83.5. The number of benzene rings is 14. The minimum Gasteiger partial charge on any atom is -0.452 e. The van der Waals surface area contributed by atoms with Crippen LogP contribution in [0.25, 0.3) is 127 Å². The van der Waals surface area contributed by atoms with Gasteiger partial charge in [0.2, 0.25) is 0 Å². The van der Waals surface area contributed by atoms with Crippen LogP contribution in [0.4, 0.5) is 34.1 Å². The van der Waals surface area contributed by atoms with E-state index < -0.39 is 109 Å². The highest BCUT2D eigenvalue weighted by molar-refractivity contribution is 7.00. The summed E-state index contributed by atoms with van der Waals surface area (Å²) in [5.74, 6) is 0. The van der Waals surface area contributed by atoms with Gasteiger partial charge >= 0.3 is 0 Å². The van der Waals surface area contributed by atoms with Crippen molar-refractivity contribution in [1.29, 1.82) is 0 Å². The van der Waals surface area contributed by atoms with Crippen LogP contribution in [-0.2, 0) is 16.2 Å². The smallest absolute Gasteiger partial charge is 0.252 e. The van der Waals surface area contributed by atoms with Gasteiger partial charge in [-0.15, -0.1) is 0 Å². The third kappa shape index (κ3) is 9.27. The van der Waals surface area contributed by atoms with Crippen molar-refractivity contribution < 1.29 is 26.3 Å². The number of fused-ring (bicyclic) bond motifs is 16. The predicted molar refractivity (Wildman–Crippen MR) is 438 cm³/mol. The Balaban J connectivity index is 0.936. The molecule has 0 N–H and O–H groups in total. The van der Waals surface area contributed by atoms with Crippen LogP contribution in [0.5, 0.6) is 0 Å². The van der Waals surface area contributed by atoms with Crippen molar-refractivity contribution in [2.24, 2.45) is 0 Å². The molecule has 6 nitrogen and oxygen atoms in total. The summed E-state index contributed by atoms with van der Waals surface area (Å²) in [7, 11) is 0. The molecule has 14 aromatic carbocycles. The van der Waals surface area contributed by atoms with Crippen molar-refractivity contribution in [1.82, 2.24) is 13.7 Å². The average Bonchev–Trinajstić information content (AvgIpc) is 1.44. The number of aromatic nitrogens is 3. The van der Waals surface area contributed by atoms with Crippen LogP contribution >= 0.6 is 0 Å². The van der Waals surface area contributed by atoms with Gasteiger partial charge in [0.05, 0.1) is 66.4 Å². The van der Waals surface area contributed by atoms with Crippen molar-refractivity contribution >= 4 is 145 Å². The van der Waals surface area contributed by atoms with Crippen molar-refractivity contribution in [3.8, 4) is 39.3 Å². The van der Waals surface area contributed by atoms with Gasteiger partial charge in [0.15, 0.2) is 11.2 Å². The molecular formula is C96H76BN5O. The second kappa shape index (κ2) is 22.2. The first-order valence-electron chi connectivity index (χ1n) is 43.0. The molecule has 0 saturated carbocycles. The third-order valence-electron chi connectivity index (χ3n) is 21.3. The van der Waals surface area contributed by atoms with Gasteiger partial charge in [-0.05, 0) is 187 Å². The van der Waals surface area contributed by atoms with E-state index in [9.17, 15) is 13.7 Å². The summed E-state index contributed by atoms with van der Waals surface area (Å²) in [4.78, 5) is 4.58. The Morgan fingerprint density at radius 3 is 1.17 bits per heavy atom. The zero-order valence-electron chi connectivity index (χ0n) is 74.3. The van der Waals surface area contributed by atoms with Crippen molar-refractivity contribution in [3.63, 3.8) is 0 Å². The molecule has 0 spiro atoms. The molecule has 0 fully saturated rings. The summed E-state index contributed by atoms with van der Waals surface area (Å²) >= 11 is 0. The number of hydrogen-bond acceptors (Lipinski definition) is 3. The molecule has 494 valence electrons. The molecule has 0 amide bonds. The van der Waals surface area contributed by atoms with Crippen LogP contribution in [0.3, 0.4) is 0 Å². The van der Waals surface area contributed by atoms with E-state index in [1.54, 1.807) is 10.6 Å². The monoisotopic (exact) mass is 1340 g/mol. The normalized spacial score (nSPS) is 15.4. The minimum absolute atomic E-state index is 0.0151. The summed E-state index contributed by atoms with van der Waals surface area (Å²) < 4.78 is 162.